The van der Waals surface area contributed by atoms with Gasteiger partial charge in [0, 0.05) is 52.4 Å². The van der Waals surface area contributed by atoms with Crippen LogP contribution in [0, 0.1) is 5.92 Å². The number of likely N-dealkylation sites (tertiary alicyclic amines) is 1. The van der Waals surface area contributed by atoms with Crippen LogP contribution in [-0.4, -0.2) is 104 Å². The zero-order valence-corrected chi connectivity index (χ0v) is 19.3. The summed E-state index contributed by atoms with van der Waals surface area (Å²) < 4.78 is 10.3. The molecule has 0 spiro atoms. The molecule has 2 saturated heterocycles. The molecule has 0 aromatic heterocycles. The molecule has 9 nitrogen and oxygen atoms in total. The van der Waals surface area contributed by atoms with Gasteiger partial charge in [0.2, 0.25) is 0 Å². The number of amides is 1. The van der Waals surface area contributed by atoms with Crippen molar-refractivity contribution in [1.29, 1.82) is 0 Å². The molecule has 2 heterocycles. The van der Waals surface area contributed by atoms with E-state index in [1.165, 1.54) is 7.11 Å². The van der Waals surface area contributed by atoms with Gasteiger partial charge in [-0.05, 0) is 40.5 Å². The Labute approximate surface area is 180 Å². The Morgan fingerprint density at radius 2 is 1.67 bits per heavy atom. The fraction of sp³-hybridized carbons (Fsp3) is 0.857. The number of esters is 1. The number of carbonyl (C=O) groups excluding carboxylic acids is 2. The lowest BCUT2D eigenvalue weighted by molar-refractivity contribution is -0.146. The first-order chi connectivity index (χ1) is 14.2. The van der Waals surface area contributed by atoms with Crippen LogP contribution >= 0.6 is 0 Å². The second kappa shape index (κ2) is 11.4. The Kier molecular flexibility index (Phi) is 9.20. The molecule has 2 fully saturated rings. The fourth-order valence-electron chi connectivity index (χ4n) is 3.70. The van der Waals surface area contributed by atoms with E-state index in [0.29, 0.717) is 19.6 Å². The Bertz CT molecular complexity index is 589. The van der Waals surface area contributed by atoms with Crippen LogP contribution in [0.2, 0.25) is 0 Å². The van der Waals surface area contributed by atoms with Crippen LogP contribution in [0.4, 0.5) is 4.79 Å². The number of methoxy groups -OCH3 is 1. The van der Waals surface area contributed by atoms with Crippen LogP contribution < -0.4 is 5.32 Å². The molecule has 9 heteroatoms. The van der Waals surface area contributed by atoms with Crippen molar-refractivity contribution in [2.75, 3.05) is 66.0 Å². The van der Waals surface area contributed by atoms with Gasteiger partial charge in [-0.25, -0.2) is 4.79 Å². The number of guanidine groups is 1. The Balaban J connectivity index is 1.76. The van der Waals surface area contributed by atoms with Crippen molar-refractivity contribution in [3.05, 3.63) is 0 Å². The monoisotopic (exact) mass is 425 g/mol. The van der Waals surface area contributed by atoms with Crippen molar-refractivity contribution in [2.24, 2.45) is 10.9 Å². The van der Waals surface area contributed by atoms with Gasteiger partial charge >= 0.3 is 12.1 Å². The summed E-state index contributed by atoms with van der Waals surface area (Å²) >= 11 is 0. The smallest absolute Gasteiger partial charge is 0.410 e. The molecule has 0 bridgehead atoms. The highest BCUT2D eigenvalue weighted by Gasteiger charge is 2.28. The third kappa shape index (κ3) is 7.66. The van der Waals surface area contributed by atoms with E-state index in [2.05, 4.69) is 22.0 Å². The normalized spacial score (nSPS) is 19.6. The lowest BCUT2D eigenvalue weighted by atomic mass is 9.97. The van der Waals surface area contributed by atoms with E-state index in [4.69, 9.17) is 14.5 Å². The molecule has 0 saturated carbocycles. The summed E-state index contributed by atoms with van der Waals surface area (Å²) in [5.41, 5.74) is -0.461. The number of aliphatic imine (C=N–C) groups is 1. The standard InChI is InChI=1S/C21H39N5O4/c1-6-22-19(25-10-7-17(8-11-25)18(27)29-5)23-9-12-24-13-15-26(16-14-24)20(28)30-21(2,3)4/h17H,6-16H2,1-5H3,(H,22,23). The lowest BCUT2D eigenvalue weighted by Crippen LogP contribution is -2.50. The number of hydrogen-bond acceptors (Lipinski definition) is 6. The van der Waals surface area contributed by atoms with Gasteiger partial charge in [0.1, 0.15) is 5.60 Å². The van der Waals surface area contributed by atoms with E-state index in [9.17, 15) is 9.59 Å². The van der Waals surface area contributed by atoms with Crippen molar-refractivity contribution in [2.45, 2.75) is 46.1 Å². The van der Waals surface area contributed by atoms with E-state index in [-0.39, 0.29) is 18.0 Å². The second-order valence-corrected chi connectivity index (χ2v) is 8.83. The summed E-state index contributed by atoms with van der Waals surface area (Å²) in [6.45, 7) is 14.7. The molecule has 2 rings (SSSR count). The number of nitrogens with zero attached hydrogens (tertiary/aromatic N) is 4. The molecule has 0 unspecified atom stereocenters. The number of rotatable bonds is 5. The number of carbonyl (C=O) groups is 2. The molecule has 0 aromatic carbocycles. The summed E-state index contributed by atoms with van der Waals surface area (Å²) in [5.74, 6) is 0.797. The minimum atomic E-state index is -0.461. The number of piperazine rings is 1. The van der Waals surface area contributed by atoms with Gasteiger partial charge in [-0.1, -0.05) is 0 Å². The van der Waals surface area contributed by atoms with Gasteiger partial charge < -0.3 is 24.6 Å². The molecule has 1 N–H and O–H groups in total. The molecule has 0 aliphatic carbocycles. The molecule has 0 atom stereocenters. The van der Waals surface area contributed by atoms with Crippen LogP contribution in [0.5, 0.6) is 0 Å². The minimum Gasteiger partial charge on any atom is -0.469 e. The van der Waals surface area contributed by atoms with Crippen LogP contribution in [0.3, 0.4) is 0 Å². The quantitative estimate of drug-likeness (QED) is 0.405. The van der Waals surface area contributed by atoms with Crippen LogP contribution in [-0.2, 0) is 14.3 Å². The molecular weight excluding hydrogens is 386 g/mol. The molecular formula is C21H39N5O4. The molecule has 2 aliphatic heterocycles. The van der Waals surface area contributed by atoms with Crippen molar-refractivity contribution in [1.82, 2.24) is 20.0 Å². The van der Waals surface area contributed by atoms with Gasteiger partial charge in [0.15, 0.2) is 5.96 Å². The second-order valence-electron chi connectivity index (χ2n) is 8.83. The SMILES string of the molecule is CCNC(=NCCN1CCN(C(=O)OC(C)(C)C)CC1)N1CCC(C(=O)OC)CC1. The molecule has 2 aliphatic rings. The summed E-state index contributed by atoms with van der Waals surface area (Å²) in [7, 11) is 1.45. The maximum Gasteiger partial charge on any atom is 0.410 e. The number of nitrogens with one attached hydrogen (secondary N) is 1. The summed E-state index contributed by atoms with van der Waals surface area (Å²) in [6.07, 6.45) is 1.36. The Morgan fingerprint density at radius 3 is 2.20 bits per heavy atom. The Hall–Kier alpha value is -2.03. The summed E-state index contributed by atoms with van der Waals surface area (Å²) in [6, 6.07) is 0. The number of hydrogen-bond donors (Lipinski definition) is 1. The predicted octanol–water partition coefficient (Wildman–Crippen LogP) is 1.39. The van der Waals surface area contributed by atoms with Crippen molar-refractivity contribution < 1.29 is 19.1 Å². The van der Waals surface area contributed by atoms with Crippen molar-refractivity contribution >= 4 is 18.0 Å². The zero-order chi connectivity index (χ0) is 22.1. The average Bonchev–Trinajstić information content (AvgIpc) is 2.72. The first kappa shape index (κ1) is 24.2. The topological polar surface area (TPSA) is 86.7 Å². The highest BCUT2D eigenvalue weighted by molar-refractivity contribution is 5.80. The lowest BCUT2D eigenvalue weighted by Gasteiger charge is -2.35. The first-order valence-electron chi connectivity index (χ1n) is 11.0. The molecule has 30 heavy (non-hydrogen) atoms. The van der Waals surface area contributed by atoms with Crippen molar-refractivity contribution in [3.63, 3.8) is 0 Å². The van der Waals surface area contributed by atoms with Crippen LogP contribution in [0.1, 0.15) is 40.5 Å². The van der Waals surface area contributed by atoms with E-state index in [0.717, 1.165) is 58.1 Å². The van der Waals surface area contributed by atoms with E-state index >= 15 is 0 Å². The van der Waals surface area contributed by atoms with Crippen LogP contribution in [0.25, 0.3) is 0 Å². The van der Waals surface area contributed by atoms with E-state index < -0.39 is 5.60 Å². The van der Waals surface area contributed by atoms with Crippen molar-refractivity contribution in [3.8, 4) is 0 Å². The minimum absolute atomic E-state index is 0.00426. The first-order valence-corrected chi connectivity index (χ1v) is 11.0. The molecule has 0 radical (unpaired) electrons. The molecule has 172 valence electrons. The highest BCUT2D eigenvalue weighted by Crippen LogP contribution is 2.18. The maximum atomic E-state index is 12.2. The van der Waals surface area contributed by atoms with E-state index in [1.807, 2.05) is 20.8 Å². The third-order valence-electron chi connectivity index (χ3n) is 5.37. The predicted molar refractivity (Wildman–Crippen MR) is 117 cm³/mol. The largest absolute Gasteiger partial charge is 0.469 e. The van der Waals surface area contributed by atoms with Gasteiger partial charge in [-0.3, -0.25) is 14.7 Å². The van der Waals surface area contributed by atoms with E-state index in [1.54, 1.807) is 4.90 Å². The zero-order valence-electron chi connectivity index (χ0n) is 19.3. The van der Waals surface area contributed by atoms with Gasteiger partial charge in [0.25, 0.3) is 0 Å². The van der Waals surface area contributed by atoms with Gasteiger partial charge in [-0.15, -0.1) is 0 Å². The van der Waals surface area contributed by atoms with Gasteiger partial charge in [0.05, 0.1) is 19.6 Å². The average molecular weight is 426 g/mol. The van der Waals surface area contributed by atoms with Crippen LogP contribution in [0.15, 0.2) is 4.99 Å². The Morgan fingerprint density at radius 1 is 1.03 bits per heavy atom. The highest BCUT2D eigenvalue weighted by atomic mass is 16.6. The molecule has 0 aromatic rings. The number of ether oxygens (including phenoxy) is 2. The third-order valence-corrected chi connectivity index (χ3v) is 5.37. The van der Waals surface area contributed by atoms with Gasteiger partial charge in [-0.2, -0.15) is 0 Å². The maximum absolute atomic E-state index is 12.2. The molecule has 1 amide bonds. The number of piperidine rings is 1. The fourth-order valence-corrected chi connectivity index (χ4v) is 3.70. The summed E-state index contributed by atoms with van der Waals surface area (Å²) in [5, 5.41) is 3.36. The summed E-state index contributed by atoms with van der Waals surface area (Å²) in [4.78, 5) is 35.0.